The van der Waals surface area contributed by atoms with Crippen LogP contribution in [0.25, 0.3) is 10.8 Å². The second-order valence-electron chi connectivity index (χ2n) is 4.87. The number of hydrogen-bond donors (Lipinski definition) is 0. The first-order chi connectivity index (χ1) is 9.60. The van der Waals surface area contributed by atoms with Crippen LogP contribution in [-0.4, -0.2) is 45.2 Å². The van der Waals surface area contributed by atoms with Crippen LogP contribution in [-0.2, 0) is 4.74 Å². The second kappa shape index (κ2) is 6.39. The fraction of sp³-hybridized carbons (Fsp3) is 0.312. The van der Waals surface area contributed by atoms with Crippen LogP contribution in [0.3, 0.4) is 0 Å². The largest absolute Gasteiger partial charge is 0.492 e. The highest BCUT2D eigenvalue weighted by molar-refractivity contribution is 5.95. The normalized spacial score (nSPS) is 10.8. The van der Waals surface area contributed by atoms with E-state index < -0.39 is 0 Å². The van der Waals surface area contributed by atoms with E-state index in [1.165, 1.54) is 7.11 Å². The number of rotatable bonds is 5. The third-order valence-corrected chi connectivity index (χ3v) is 3.04. The quantitative estimate of drug-likeness (QED) is 0.785. The lowest BCUT2D eigenvalue weighted by molar-refractivity contribution is 0.0601. The average Bonchev–Trinajstić information content (AvgIpc) is 2.45. The first-order valence-corrected chi connectivity index (χ1v) is 6.50. The zero-order chi connectivity index (χ0) is 14.5. The Kier molecular flexibility index (Phi) is 4.58. The van der Waals surface area contributed by atoms with Crippen molar-refractivity contribution in [3.8, 4) is 5.75 Å². The lowest BCUT2D eigenvalue weighted by atomic mass is 10.1. The minimum Gasteiger partial charge on any atom is -0.492 e. The predicted molar refractivity (Wildman–Crippen MR) is 79.3 cm³/mol. The summed E-state index contributed by atoms with van der Waals surface area (Å²) >= 11 is 0. The van der Waals surface area contributed by atoms with Gasteiger partial charge in [0, 0.05) is 6.54 Å². The zero-order valence-electron chi connectivity index (χ0n) is 12.1. The lowest BCUT2D eigenvalue weighted by Gasteiger charge is -2.11. The number of nitrogens with zero attached hydrogens (tertiary/aromatic N) is 1. The van der Waals surface area contributed by atoms with E-state index in [-0.39, 0.29) is 5.97 Å². The van der Waals surface area contributed by atoms with Crippen LogP contribution >= 0.6 is 0 Å². The molecule has 0 radical (unpaired) electrons. The Morgan fingerprint density at radius 3 is 2.50 bits per heavy atom. The minimum absolute atomic E-state index is 0.321. The Bertz CT molecular complexity index is 608. The number of carbonyl (C=O) groups excluding carboxylic acids is 1. The number of fused-ring (bicyclic) bond motifs is 1. The minimum atomic E-state index is -0.321. The van der Waals surface area contributed by atoms with Crippen LogP contribution in [0.15, 0.2) is 36.4 Å². The maximum Gasteiger partial charge on any atom is 0.337 e. The first-order valence-electron chi connectivity index (χ1n) is 6.50. The molecule has 0 saturated carbocycles. The molecule has 4 nitrogen and oxygen atoms in total. The molecule has 0 spiro atoms. The molecule has 0 saturated heterocycles. The van der Waals surface area contributed by atoms with Gasteiger partial charge in [-0.2, -0.15) is 0 Å². The van der Waals surface area contributed by atoms with Crippen LogP contribution in [0.2, 0.25) is 0 Å². The predicted octanol–water partition coefficient (Wildman–Crippen LogP) is 2.57. The van der Waals surface area contributed by atoms with Crippen molar-refractivity contribution in [3.63, 3.8) is 0 Å². The fourth-order valence-corrected chi connectivity index (χ4v) is 1.90. The first kappa shape index (κ1) is 14.3. The highest BCUT2D eigenvalue weighted by Crippen LogP contribution is 2.22. The Morgan fingerprint density at radius 1 is 1.10 bits per heavy atom. The molecule has 0 atom stereocenters. The maximum atomic E-state index is 11.5. The fourth-order valence-electron chi connectivity index (χ4n) is 1.90. The summed E-state index contributed by atoms with van der Waals surface area (Å²) in [5, 5.41) is 2.04. The second-order valence-corrected chi connectivity index (χ2v) is 4.87. The van der Waals surface area contributed by atoms with E-state index in [2.05, 4.69) is 4.90 Å². The summed E-state index contributed by atoms with van der Waals surface area (Å²) in [5.74, 6) is 0.517. The van der Waals surface area contributed by atoms with Crippen molar-refractivity contribution in [3.05, 3.63) is 42.0 Å². The molecule has 0 fully saturated rings. The van der Waals surface area contributed by atoms with E-state index in [1.807, 2.05) is 44.4 Å². The molecule has 0 unspecified atom stereocenters. The van der Waals surface area contributed by atoms with Crippen molar-refractivity contribution in [1.82, 2.24) is 4.90 Å². The third-order valence-electron chi connectivity index (χ3n) is 3.04. The number of likely N-dealkylation sites (N-methyl/N-ethyl adjacent to an activating group) is 1. The highest BCUT2D eigenvalue weighted by atomic mass is 16.5. The van der Waals surface area contributed by atoms with E-state index >= 15 is 0 Å². The standard InChI is InChI=1S/C16H19NO3/c1-17(2)8-9-20-15-7-6-12-10-14(16(18)19-3)5-4-13(12)11-15/h4-7,10-11H,8-9H2,1-3H3. The molecule has 0 bridgehead atoms. The van der Waals surface area contributed by atoms with Crippen molar-refractivity contribution in [2.75, 3.05) is 34.4 Å². The number of carbonyl (C=O) groups is 1. The smallest absolute Gasteiger partial charge is 0.337 e. The van der Waals surface area contributed by atoms with Gasteiger partial charge in [-0.1, -0.05) is 12.1 Å². The van der Waals surface area contributed by atoms with Crippen molar-refractivity contribution < 1.29 is 14.3 Å². The molecule has 2 rings (SSSR count). The topological polar surface area (TPSA) is 38.8 Å². The van der Waals surface area contributed by atoms with Crippen LogP contribution in [0.4, 0.5) is 0 Å². The Hall–Kier alpha value is -2.07. The van der Waals surface area contributed by atoms with Gasteiger partial charge < -0.3 is 14.4 Å². The van der Waals surface area contributed by atoms with Crippen molar-refractivity contribution >= 4 is 16.7 Å². The molecule has 0 aliphatic rings. The van der Waals surface area contributed by atoms with Gasteiger partial charge >= 0.3 is 5.97 Å². The molecule has 0 N–H and O–H groups in total. The van der Waals surface area contributed by atoms with E-state index in [0.717, 1.165) is 23.1 Å². The Morgan fingerprint density at radius 2 is 1.80 bits per heavy atom. The summed E-state index contributed by atoms with van der Waals surface area (Å²) in [6, 6.07) is 11.3. The van der Waals surface area contributed by atoms with Crippen LogP contribution in [0, 0.1) is 0 Å². The van der Waals surface area contributed by atoms with Crippen molar-refractivity contribution in [2.24, 2.45) is 0 Å². The van der Waals surface area contributed by atoms with Crippen LogP contribution < -0.4 is 4.74 Å². The lowest BCUT2D eigenvalue weighted by Crippen LogP contribution is -2.19. The van der Waals surface area contributed by atoms with Gasteiger partial charge in [0.25, 0.3) is 0 Å². The molecule has 20 heavy (non-hydrogen) atoms. The summed E-state index contributed by atoms with van der Waals surface area (Å²) in [5.41, 5.74) is 0.557. The van der Waals surface area contributed by atoms with Gasteiger partial charge in [0.1, 0.15) is 12.4 Å². The van der Waals surface area contributed by atoms with E-state index in [0.29, 0.717) is 12.2 Å². The van der Waals surface area contributed by atoms with Gasteiger partial charge in [-0.25, -0.2) is 4.79 Å². The molecule has 0 aliphatic carbocycles. The molecule has 106 valence electrons. The molecule has 0 aromatic heterocycles. The molecule has 2 aromatic rings. The number of hydrogen-bond acceptors (Lipinski definition) is 4. The Labute approximate surface area is 118 Å². The molecular formula is C16H19NO3. The average molecular weight is 273 g/mol. The third kappa shape index (κ3) is 3.48. The number of esters is 1. The Balaban J connectivity index is 2.16. The summed E-state index contributed by atoms with van der Waals surface area (Å²) in [4.78, 5) is 13.6. The molecule has 0 heterocycles. The van der Waals surface area contributed by atoms with Gasteiger partial charge in [-0.05, 0) is 49.1 Å². The molecule has 2 aromatic carbocycles. The highest BCUT2D eigenvalue weighted by Gasteiger charge is 2.06. The molecule has 0 aliphatic heterocycles. The number of ether oxygens (including phenoxy) is 2. The summed E-state index contributed by atoms with van der Waals surface area (Å²) in [7, 11) is 5.41. The number of methoxy groups -OCH3 is 1. The van der Waals surface area contributed by atoms with E-state index in [1.54, 1.807) is 6.07 Å². The van der Waals surface area contributed by atoms with Gasteiger partial charge in [-0.15, -0.1) is 0 Å². The molecule has 4 heteroatoms. The number of benzene rings is 2. The van der Waals surface area contributed by atoms with Gasteiger partial charge in [0.05, 0.1) is 12.7 Å². The van der Waals surface area contributed by atoms with Gasteiger partial charge in [-0.3, -0.25) is 0 Å². The SMILES string of the molecule is COC(=O)c1ccc2cc(OCCN(C)C)ccc2c1. The van der Waals surface area contributed by atoms with Gasteiger partial charge in [0.2, 0.25) is 0 Å². The molecule has 0 amide bonds. The summed E-state index contributed by atoms with van der Waals surface area (Å²) in [6.07, 6.45) is 0. The zero-order valence-corrected chi connectivity index (χ0v) is 12.1. The monoisotopic (exact) mass is 273 g/mol. The van der Waals surface area contributed by atoms with E-state index in [4.69, 9.17) is 9.47 Å². The molecular weight excluding hydrogens is 254 g/mol. The van der Waals surface area contributed by atoms with Crippen molar-refractivity contribution in [2.45, 2.75) is 0 Å². The summed E-state index contributed by atoms with van der Waals surface area (Å²) in [6.45, 7) is 1.53. The van der Waals surface area contributed by atoms with Crippen molar-refractivity contribution in [1.29, 1.82) is 0 Å². The van der Waals surface area contributed by atoms with Crippen LogP contribution in [0.5, 0.6) is 5.75 Å². The summed E-state index contributed by atoms with van der Waals surface area (Å²) < 4.78 is 10.4. The maximum absolute atomic E-state index is 11.5. The van der Waals surface area contributed by atoms with Crippen LogP contribution in [0.1, 0.15) is 10.4 Å². The van der Waals surface area contributed by atoms with Gasteiger partial charge in [0.15, 0.2) is 0 Å². The van der Waals surface area contributed by atoms with E-state index in [9.17, 15) is 4.79 Å².